The van der Waals surface area contributed by atoms with Gasteiger partial charge in [-0.05, 0) is 12.3 Å². The number of aromatic nitrogens is 1. The first-order chi connectivity index (χ1) is 11.8. The molecule has 7 nitrogen and oxygen atoms in total. The number of methoxy groups -OCH3 is 1. The number of hydrogen-bond acceptors (Lipinski definition) is 5. The number of carbonyl (C=O) groups is 3. The highest BCUT2D eigenvalue weighted by Gasteiger charge is 2.25. The van der Waals surface area contributed by atoms with Crippen molar-refractivity contribution in [3.8, 4) is 0 Å². The van der Waals surface area contributed by atoms with E-state index in [0.29, 0.717) is 6.42 Å². The zero-order valence-corrected chi connectivity index (χ0v) is 14.7. The Bertz CT molecular complexity index is 639. The molecule has 0 saturated carbocycles. The zero-order valence-electron chi connectivity index (χ0n) is 14.7. The summed E-state index contributed by atoms with van der Waals surface area (Å²) in [5.74, 6) is -2.58. The molecule has 1 aromatic heterocycles. The van der Waals surface area contributed by atoms with Gasteiger partial charge >= 0.3 is 11.9 Å². The first-order valence-electron chi connectivity index (χ1n) is 7.83. The van der Waals surface area contributed by atoms with Crippen molar-refractivity contribution in [2.45, 2.75) is 26.7 Å². The van der Waals surface area contributed by atoms with E-state index < -0.39 is 30.1 Å². The van der Waals surface area contributed by atoms with Crippen LogP contribution < -0.4 is 5.01 Å². The van der Waals surface area contributed by atoms with E-state index in [2.05, 4.69) is 11.3 Å². The third kappa shape index (κ3) is 6.06. The molecule has 0 aromatic carbocycles. The second-order valence-corrected chi connectivity index (χ2v) is 5.73. The Hall–Kier alpha value is -2.64. The van der Waals surface area contributed by atoms with Gasteiger partial charge in [-0.25, -0.2) is 18.9 Å². The molecule has 138 valence electrons. The number of amides is 1. The zero-order chi connectivity index (χ0) is 19.0. The van der Waals surface area contributed by atoms with Crippen LogP contribution in [0.15, 0.2) is 24.9 Å². The maximum absolute atomic E-state index is 13.7. The van der Waals surface area contributed by atoms with Gasteiger partial charge in [-0.3, -0.25) is 9.59 Å². The van der Waals surface area contributed by atoms with E-state index in [4.69, 9.17) is 4.74 Å². The molecule has 25 heavy (non-hydrogen) atoms. The van der Waals surface area contributed by atoms with E-state index in [9.17, 15) is 18.8 Å². The van der Waals surface area contributed by atoms with Crippen LogP contribution in [0.3, 0.4) is 0 Å². The first kappa shape index (κ1) is 20.4. The van der Waals surface area contributed by atoms with Crippen molar-refractivity contribution in [2.24, 2.45) is 5.92 Å². The third-order valence-corrected chi connectivity index (χ3v) is 3.30. The highest BCUT2D eigenvalue weighted by molar-refractivity contribution is 6.00. The van der Waals surface area contributed by atoms with Crippen molar-refractivity contribution in [3.05, 3.63) is 36.4 Å². The molecule has 0 spiro atoms. The lowest BCUT2D eigenvalue weighted by molar-refractivity contribution is -0.143. The molecule has 1 amide bonds. The lowest BCUT2D eigenvalue weighted by Gasteiger charge is -2.26. The van der Waals surface area contributed by atoms with Crippen LogP contribution in [-0.2, 0) is 19.1 Å². The van der Waals surface area contributed by atoms with Crippen LogP contribution in [0.1, 0.15) is 37.2 Å². The van der Waals surface area contributed by atoms with Gasteiger partial charge < -0.3 is 9.47 Å². The molecule has 0 fully saturated rings. The first-order valence-corrected chi connectivity index (χ1v) is 7.83. The number of ether oxygens (including phenoxy) is 2. The largest absolute Gasteiger partial charge is 0.469 e. The Morgan fingerprint density at radius 2 is 2.08 bits per heavy atom. The summed E-state index contributed by atoms with van der Waals surface area (Å²) in [6, 6.07) is 0.971. The molecule has 0 aliphatic heterocycles. The molecule has 8 heteroatoms. The van der Waals surface area contributed by atoms with Crippen molar-refractivity contribution in [1.29, 1.82) is 0 Å². The van der Waals surface area contributed by atoms with Gasteiger partial charge in [0.1, 0.15) is 18.8 Å². The maximum atomic E-state index is 13.7. The standard InChI is InChI=1S/C17H23FN2O5/c1-5-8-25-17(23)14-9-13(18)11-20(14)19(7-6-12(2)3)15(21)10-16(22)24-4/h5,9,11-12H,1,6-8,10H2,2-4H3. The molecular weight excluding hydrogens is 331 g/mol. The second-order valence-electron chi connectivity index (χ2n) is 5.73. The van der Waals surface area contributed by atoms with E-state index in [-0.39, 0.29) is 24.8 Å². The predicted octanol–water partition coefficient (Wildman–Crippen LogP) is 2.04. The van der Waals surface area contributed by atoms with Gasteiger partial charge in [0.15, 0.2) is 5.69 Å². The summed E-state index contributed by atoms with van der Waals surface area (Å²) in [6.07, 6.45) is 2.45. The van der Waals surface area contributed by atoms with Gasteiger partial charge in [-0.1, -0.05) is 26.5 Å². The molecular formula is C17H23FN2O5. The fourth-order valence-corrected chi connectivity index (χ4v) is 2.00. The fourth-order valence-electron chi connectivity index (χ4n) is 2.00. The minimum atomic E-state index is -0.802. The van der Waals surface area contributed by atoms with Gasteiger partial charge in [-0.2, -0.15) is 0 Å². The predicted molar refractivity (Wildman–Crippen MR) is 89.0 cm³/mol. The monoisotopic (exact) mass is 354 g/mol. The molecule has 0 bridgehead atoms. The van der Waals surface area contributed by atoms with Crippen molar-refractivity contribution in [3.63, 3.8) is 0 Å². The summed E-state index contributed by atoms with van der Waals surface area (Å²) >= 11 is 0. The Labute approximate surface area is 146 Å². The normalized spacial score (nSPS) is 10.4. The van der Waals surface area contributed by atoms with Gasteiger partial charge in [0.2, 0.25) is 0 Å². The molecule has 0 aliphatic carbocycles. The van der Waals surface area contributed by atoms with Gasteiger partial charge in [0.05, 0.1) is 13.3 Å². The average molecular weight is 354 g/mol. The van der Waals surface area contributed by atoms with Crippen molar-refractivity contribution >= 4 is 17.8 Å². The maximum Gasteiger partial charge on any atom is 0.357 e. The van der Waals surface area contributed by atoms with Crippen LogP contribution in [0.4, 0.5) is 4.39 Å². The molecule has 0 unspecified atom stereocenters. The van der Waals surface area contributed by atoms with Crippen LogP contribution in [0.5, 0.6) is 0 Å². The quantitative estimate of drug-likeness (QED) is 0.385. The number of esters is 2. The summed E-state index contributed by atoms with van der Waals surface area (Å²) in [6.45, 7) is 7.50. The van der Waals surface area contributed by atoms with Crippen LogP contribution in [0.25, 0.3) is 0 Å². The second kappa shape index (κ2) is 9.61. The van der Waals surface area contributed by atoms with E-state index >= 15 is 0 Å². The Morgan fingerprint density at radius 3 is 2.64 bits per heavy atom. The van der Waals surface area contributed by atoms with Crippen molar-refractivity contribution in [1.82, 2.24) is 4.68 Å². The molecule has 1 aromatic rings. The van der Waals surface area contributed by atoms with Crippen molar-refractivity contribution in [2.75, 3.05) is 25.3 Å². The van der Waals surface area contributed by atoms with Crippen LogP contribution >= 0.6 is 0 Å². The summed E-state index contributed by atoms with van der Waals surface area (Å²) in [7, 11) is 1.17. The highest BCUT2D eigenvalue weighted by atomic mass is 19.1. The van der Waals surface area contributed by atoms with Crippen LogP contribution in [0, 0.1) is 11.7 Å². The lowest BCUT2D eigenvalue weighted by atomic mass is 10.1. The summed E-state index contributed by atoms with van der Waals surface area (Å²) in [4.78, 5) is 35.9. The molecule has 1 heterocycles. The lowest BCUT2D eigenvalue weighted by Crippen LogP contribution is -2.43. The fraction of sp³-hybridized carbons (Fsp3) is 0.471. The topological polar surface area (TPSA) is 77.8 Å². The minimum Gasteiger partial charge on any atom is -0.469 e. The van der Waals surface area contributed by atoms with Crippen LogP contribution in [0.2, 0.25) is 0 Å². The average Bonchev–Trinajstić information content (AvgIpc) is 2.93. The summed E-state index contributed by atoms with van der Waals surface area (Å²) < 4.78 is 24.2. The van der Waals surface area contributed by atoms with Gasteiger partial charge in [0.25, 0.3) is 5.91 Å². The number of halogens is 1. The minimum absolute atomic E-state index is 0.0479. The van der Waals surface area contributed by atoms with E-state index in [1.54, 1.807) is 0 Å². The summed E-state index contributed by atoms with van der Waals surface area (Å²) in [5, 5.41) is 1.14. The third-order valence-electron chi connectivity index (χ3n) is 3.30. The Morgan fingerprint density at radius 1 is 1.40 bits per heavy atom. The van der Waals surface area contributed by atoms with Crippen molar-refractivity contribution < 1.29 is 28.2 Å². The number of hydrogen-bond donors (Lipinski definition) is 0. The highest BCUT2D eigenvalue weighted by Crippen LogP contribution is 2.13. The Balaban J connectivity index is 3.15. The van der Waals surface area contributed by atoms with E-state index in [1.165, 1.54) is 13.2 Å². The SMILES string of the molecule is C=CCOC(=O)c1cc(F)cn1N(CCC(C)C)C(=O)CC(=O)OC. The van der Waals surface area contributed by atoms with Gasteiger partial charge in [0, 0.05) is 12.6 Å². The molecule has 0 N–H and O–H groups in total. The number of carbonyl (C=O) groups excluding carboxylic acids is 3. The molecule has 1 rings (SSSR count). The molecule has 0 saturated heterocycles. The van der Waals surface area contributed by atoms with Crippen LogP contribution in [-0.4, -0.2) is 42.8 Å². The van der Waals surface area contributed by atoms with Gasteiger partial charge in [-0.15, -0.1) is 0 Å². The Kier molecular flexibility index (Phi) is 7.84. The van der Waals surface area contributed by atoms with E-state index in [0.717, 1.165) is 21.9 Å². The number of nitrogens with zero attached hydrogens (tertiary/aromatic N) is 2. The summed E-state index contributed by atoms with van der Waals surface area (Å²) in [5.41, 5.74) is -0.152. The molecule has 0 radical (unpaired) electrons. The smallest absolute Gasteiger partial charge is 0.357 e. The molecule has 0 aliphatic rings. The van der Waals surface area contributed by atoms with E-state index in [1.807, 2.05) is 13.8 Å². The number of rotatable bonds is 9. The molecule has 0 atom stereocenters.